The fourth-order valence-electron chi connectivity index (χ4n) is 2.16. The van der Waals surface area contributed by atoms with Gasteiger partial charge in [-0.05, 0) is 12.1 Å². The average molecular weight is 245 g/mol. The van der Waals surface area contributed by atoms with Crippen LogP contribution in [0.15, 0.2) is 55.1 Å². The zero-order chi connectivity index (χ0) is 12.7. The number of hydrogen-bond donors (Lipinski definition) is 0. The van der Waals surface area contributed by atoms with Gasteiger partial charge in [0.2, 0.25) is 0 Å². The summed E-state index contributed by atoms with van der Waals surface area (Å²) in [4.78, 5) is 13.0. The van der Waals surface area contributed by atoms with Crippen molar-refractivity contribution in [2.75, 3.05) is 0 Å². The lowest BCUT2D eigenvalue weighted by Crippen LogP contribution is -1.91. The molecule has 0 saturated heterocycles. The summed E-state index contributed by atoms with van der Waals surface area (Å²) in [5.74, 6) is 0. The Bertz CT molecular complexity index is 879. The molecule has 0 aliphatic rings. The first-order chi connectivity index (χ1) is 9.42. The van der Waals surface area contributed by atoms with E-state index >= 15 is 0 Å². The van der Waals surface area contributed by atoms with Gasteiger partial charge in [0.1, 0.15) is 0 Å². The Morgan fingerprint density at radius 3 is 3.05 bits per heavy atom. The van der Waals surface area contributed by atoms with E-state index in [1.165, 1.54) is 0 Å². The van der Waals surface area contributed by atoms with Crippen LogP contribution in [0.3, 0.4) is 0 Å². The van der Waals surface area contributed by atoms with E-state index in [1.54, 1.807) is 18.6 Å². The van der Waals surface area contributed by atoms with E-state index in [0.29, 0.717) is 0 Å². The molecule has 0 atom stereocenters. The van der Waals surface area contributed by atoms with Crippen LogP contribution in [0.5, 0.6) is 0 Å². The maximum absolute atomic E-state index is 4.63. The number of aromatic nitrogens is 4. The molecule has 4 heteroatoms. The average Bonchev–Trinajstić information content (AvgIpc) is 2.91. The fraction of sp³-hybridized carbons (Fsp3) is 0. The van der Waals surface area contributed by atoms with E-state index in [1.807, 2.05) is 40.9 Å². The Morgan fingerprint density at radius 1 is 1.11 bits per heavy atom. The van der Waals surface area contributed by atoms with Crippen LogP contribution in [-0.2, 0) is 0 Å². The second-order valence-electron chi connectivity index (χ2n) is 4.26. The van der Waals surface area contributed by atoms with E-state index in [9.17, 15) is 0 Å². The molecule has 3 heterocycles. The van der Waals surface area contributed by atoms with Gasteiger partial charge >= 0.3 is 0 Å². The molecule has 0 amide bonds. The van der Waals surface area contributed by atoms with Gasteiger partial charge < -0.3 is 0 Å². The molecule has 1 radical (unpaired) electrons. The van der Waals surface area contributed by atoms with E-state index in [0.717, 1.165) is 27.9 Å². The van der Waals surface area contributed by atoms with Gasteiger partial charge in [0, 0.05) is 23.8 Å². The number of nitrogens with zero attached hydrogens (tertiary/aromatic N) is 4. The number of para-hydroxylation sites is 1. The first-order valence-corrected chi connectivity index (χ1v) is 5.97. The molecule has 4 rings (SSSR count). The molecule has 0 N–H and O–H groups in total. The molecule has 0 aliphatic heterocycles. The largest absolute Gasteiger partial charge is 0.295 e. The van der Waals surface area contributed by atoms with E-state index < -0.39 is 0 Å². The number of hydrogen-bond acceptors (Lipinski definition) is 3. The first-order valence-electron chi connectivity index (χ1n) is 5.97. The van der Waals surface area contributed by atoms with Crippen molar-refractivity contribution in [3.05, 3.63) is 61.2 Å². The summed E-state index contributed by atoms with van der Waals surface area (Å²) in [6.07, 6.45) is 7.14. The molecule has 0 unspecified atom stereocenters. The Labute approximate surface area is 109 Å². The summed E-state index contributed by atoms with van der Waals surface area (Å²) in [5.41, 5.74) is 3.47. The lowest BCUT2D eigenvalue weighted by Gasteiger charge is -2.02. The van der Waals surface area contributed by atoms with E-state index in [4.69, 9.17) is 0 Å². The minimum Gasteiger partial charge on any atom is -0.295 e. The number of benzene rings is 1. The van der Waals surface area contributed by atoms with Crippen LogP contribution in [0.25, 0.3) is 27.9 Å². The minimum absolute atomic E-state index is 0.789. The molecule has 1 aromatic carbocycles. The van der Waals surface area contributed by atoms with Crippen molar-refractivity contribution in [2.24, 2.45) is 0 Å². The maximum atomic E-state index is 4.63. The normalized spacial score (nSPS) is 11.2. The standard InChI is InChI=1S/C15H9N4/c1-2-4-12-11(3-1)5-6-13(18-12)14-9-17-15-10-16-7-8-19(14)15/h1-5,7-10H. The summed E-state index contributed by atoms with van der Waals surface area (Å²) in [6.45, 7) is 0. The van der Waals surface area contributed by atoms with Crippen molar-refractivity contribution in [2.45, 2.75) is 0 Å². The Hall–Kier alpha value is -2.75. The summed E-state index contributed by atoms with van der Waals surface area (Å²) >= 11 is 0. The fourth-order valence-corrected chi connectivity index (χ4v) is 2.16. The molecule has 0 saturated carbocycles. The molecule has 19 heavy (non-hydrogen) atoms. The monoisotopic (exact) mass is 245 g/mol. The van der Waals surface area contributed by atoms with Gasteiger partial charge in [-0.1, -0.05) is 18.2 Å². The summed E-state index contributed by atoms with van der Waals surface area (Å²) in [6, 6.07) is 13.2. The van der Waals surface area contributed by atoms with Crippen molar-refractivity contribution in [1.29, 1.82) is 0 Å². The number of pyridine rings is 1. The number of imidazole rings is 1. The van der Waals surface area contributed by atoms with Crippen LogP contribution >= 0.6 is 0 Å². The zero-order valence-corrected chi connectivity index (χ0v) is 9.99. The number of fused-ring (bicyclic) bond motifs is 2. The first kappa shape index (κ1) is 10.2. The Kier molecular flexibility index (Phi) is 2.08. The van der Waals surface area contributed by atoms with Crippen molar-refractivity contribution >= 4 is 16.6 Å². The van der Waals surface area contributed by atoms with Crippen LogP contribution in [-0.4, -0.2) is 19.4 Å². The highest BCUT2D eigenvalue weighted by Gasteiger charge is 2.07. The molecular formula is C15H9N4. The molecule has 3 aromatic heterocycles. The lowest BCUT2D eigenvalue weighted by molar-refractivity contribution is 1.12. The highest BCUT2D eigenvalue weighted by Crippen LogP contribution is 2.20. The van der Waals surface area contributed by atoms with Gasteiger partial charge in [0.05, 0.1) is 29.3 Å². The molecule has 89 valence electrons. The second kappa shape index (κ2) is 3.88. The smallest absolute Gasteiger partial charge is 0.155 e. The van der Waals surface area contributed by atoms with Crippen LogP contribution in [0.2, 0.25) is 0 Å². The zero-order valence-electron chi connectivity index (χ0n) is 9.99. The molecule has 4 nitrogen and oxygen atoms in total. The molecule has 0 bridgehead atoms. The van der Waals surface area contributed by atoms with Crippen molar-refractivity contribution < 1.29 is 0 Å². The van der Waals surface area contributed by atoms with Crippen molar-refractivity contribution in [1.82, 2.24) is 19.4 Å². The minimum atomic E-state index is 0.789. The van der Waals surface area contributed by atoms with Crippen molar-refractivity contribution in [3.8, 4) is 11.4 Å². The van der Waals surface area contributed by atoms with Gasteiger partial charge in [-0.25, -0.2) is 9.97 Å². The van der Waals surface area contributed by atoms with Gasteiger partial charge in [0.15, 0.2) is 5.65 Å². The van der Waals surface area contributed by atoms with Crippen molar-refractivity contribution in [3.63, 3.8) is 0 Å². The van der Waals surface area contributed by atoms with Crippen LogP contribution in [0.1, 0.15) is 0 Å². The Balaban J connectivity index is 1.99. The van der Waals surface area contributed by atoms with Crippen LogP contribution in [0, 0.1) is 6.07 Å². The van der Waals surface area contributed by atoms with Crippen LogP contribution in [0.4, 0.5) is 0 Å². The van der Waals surface area contributed by atoms with Gasteiger partial charge in [0.25, 0.3) is 0 Å². The molecule has 0 spiro atoms. The highest BCUT2D eigenvalue weighted by molar-refractivity contribution is 5.80. The highest BCUT2D eigenvalue weighted by atomic mass is 15.0. The SMILES string of the molecule is [c]1cc2ccccc2nc1-c1cnc2cnccn12. The topological polar surface area (TPSA) is 43.1 Å². The molecule has 0 aliphatic carbocycles. The molecule has 4 aromatic rings. The van der Waals surface area contributed by atoms with E-state index in [-0.39, 0.29) is 0 Å². The van der Waals surface area contributed by atoms with Gasteiger partial charge in [-0.3, -0.25) is 9.38 Å². The Morgan fingerprint density at radius 2 is 2.05 bits per heavy atom. The summed E-state index contributed by atoms with van der Waals surface area (Å²) in [7, 11) is 0. The van der Waals surface area contributed by atoms with Gasteiger partial charge in [-0.15, -0.1) is 0 Å². The van der Waals surface area contributed by atoms with Crippen LogP contribution < -0.4 is 0 Å². The molecular weight excluding hydrogens is 236 g/mol. The second-order valence-corrected chi connectivity index (χ2v) is 4.26. The predicted octanol–water partition coefficient (Wildman–Crippen LogP) is 2.74. The lowest BCUT2D eigenvalue weighted by atomic mass is 10.2. The maximum Gasteiger partial charge on any atom is 0.155 e. The third-order valence-corrected chi connectivity index (χ3v) is 3.09. The number of rotatable bonds is 1. The quantitative estimate of drug-likeness (QED) is 0.518. The van der Waals surface area contributed by atoms with Gasteiger partial charge in [-0.2, -0.15) is 0 Å². The van der Waals surface area contributed by atoms with E-state index in [2.05, 4.69) is 21.0 Å². The summed E-state index contributed by atoms with van der Waals surface area (Å²) < 4.78 is 1.96. The molecule has 0 fully saturated rings. The summed E-state index contributed by atoms with van der Waals surface area (Å²) in [5, 5.41) is 1.08. The predicted molar refractivity (Wildman–Crippen MR) is 72.6 cm³/mol. The third-order valence-electron chi connectivity index (χ3n) is 3.09. The third kappa shape index (κ3) is 1.57.